The van der Waals surface area contributed by atoms with Gasteiger partial charge < -0.3 is 9.80 Å². The molecule has 2 aromatic heterocycles. The third-order valence-electron chi connectivity index (χ3n) is 5.21. The largest absolute Gasteiger partial charge is 0.345 e. The molecule has 0 unspecified atom stereocenters. The molecule has 0 saturated carbocycles. The van der Waals surface area contributed by atoms with E-state index in [4.69, 9.17) is 4.98 Å². The van der Waals surface area contributed by atoms with Crippen molar-refractivity contribution in [1.29, 1.82) is 0 Å². The first kappa shape index (κ1) is 18.0. The van der Waals surface area contributed by atoms with Crippen LogP contribution >= 0.6 is 11.3 Å². The lowest BCUT2D eigenvalue weighted by Gasteiger charge is -2.34. The molecule has 3 heterocycles. The van der Waals surface area contributed by atoms with Crippen LogP contribution in [0.25, 0.3) is 10.2 Å². The number of aryl methyl sites for hydroxylation is 3. The number of nitrogens with zero attached hydrogens (tertiary/aromatic N) is 5. The van der Waals surface area contributed by atoms with Crippen molar-refractivity contribution in [3.63, 3.8) is 0 Å². The average Bonchev–Trinajstić information content (AvgIpc) is 3.30. The lowest BCUT2D eigenvalue weighted by molar-refractivity contribution is 0.0740. The standard InChI is InChI=1S/C20H25N5OS/c1-4-15-7-6-8-17-18(15)21-20(27-17)24-11-9-23(10-12-24)19(26)16-13-14(3)25(5-2)22-16/h6-8,13H,4-5,9-12H2,1-3H3. The van der Waals surface area contributed by atoms with Crippen LogP contribution in [0.2, 0.25) is 0 Å². The highest BCUT2D eigenvalue weighted by molar-refractivity contribution is 7.22. The number of thiazole rings is 1. The van der Waals surface area contributed by atoms with Crippen LogP contribution in [-0.2, 0) is 13.0 Å². The van der Waals surface area contributed by atoms with Gasteiger partial charge in [0.25, 0.3) is 5.91 Å². The molecule has 0 aliphatic carbocycles. The Hall–Kier alpha value is -2.41. The summed E-state index contributed by atoms with van der Waals surface area (Å²) in [4.78, 5) is 21.9. The summed E-state index contributed by atoms with van der Waals surface area (Å²) in [7, 11) is 0. The van der Waals surface area contributed by atoms with Gasteiger partial charge in [0.2, 0.25) is 0 Å². The molecule has 0 N–H and O–H groups in total. The molecule has 27 heavy (non-hydrogen) atoms. The highest BCUT2D eigenvalue weighted by atomic mass is 32.1. The first-order valence-corrected chi connectivity index (χ1v) is 10.4. The highest BCUT2D eigenvalue weighted by Crippen LogP contribution is 2.31. The maximum absolute atomic E-state index is 12.8. The number of carbonyl (C=O) groups excluding carboxylic acids is 1. The summed E-state index contributed by atoms with van der Waals surface area (Å²) >= 11 is 1.74. The lowest BCUT2D eigenvalue weighted by atomic mass is 10.1. The summed E-state index contributed by atoms with van der Waals surface area (Å²) in [6.07, 6.45) is 0.993. The van der Waals surface area contributed by atoms with Gasteiger partial charge in [-0.2, -0.15) is 5.10 Å². The van der Waals surface area contributed by atoms with Gasteiger partial charge in [0.1, 0.15) is 0 Å². The number of rotatable bonds is 4. The van der Waals surface area contributed by atoms with E-state index in [-0.39, 0.29) is 5.91 Å². The summed E-state index contributed by atoms with van der Waals surface area (Å²) in [5, 5.41) is 5.49. The van der Waals surface area contributed by atoms with Crippen molar-refractivity contribution >= 4 is 32.6 Å². The molecule has 3 aromatic rings. The zero-order valence-corrected chi connectivity index (χ0v) is 16.9. The van der Waals surface area contributed by atoms with Gasteiger partial charge in [0, 0.05) is 38.4 Å². The summed E-state index contributed by atoms with van der Waals surface area (Å²) in [6.45, 7) is 9.99. The molecule has 1 fully saturated rings. The quantitative estimate of drug-likeness (QED) is 0.693. The van der Waals surface area contributed by atoms with Gasteiger partial charge in [-0.25, -0.2) is 4.98 Å². The molecule has 1 saturated heterocycles. The predicted octanol–water partition coefficient (Wildman–Crippen LogP) is 3.35. The van der Waals surface area contributed by atoms with Gasteiger partial charge in [-0.05, 0) is 38.0 Å². The average molecular weight is 384 g/mol. The Morgan fingerprint density at radius 2 is 1.96 bits per heavy atom. The Morgan fingerprint density at radius 3 is 2.63 bits per heavy atom. The van der Waals surface area contributed by atoms with Gasteiger partial charge >= 0.3 is 0 Å². The number of fused-ring (bicyclic) bond motifs is 1. The first-order chi connectivity index (χ1) is 13.1. The first-order valence-electron chi connectivity index (χ1n) is 9.57. The number of hydrogen-bond acceptors (Lipinski definition) is 5. The molecule has 0 bridgehead atoms. The van der Waals surface area contributed by atoms with E-state index in [1.807, 2.05) is 29.5 Å². The zero-order chi connectivity index (χ0) is 19.0. The molecule has 7 heteroatoms. The van der Waals surface area contributed by atoms with Gasteiger partial charge in [-0.3, -0.25) is 9.48 Å². The Labute approximate surface area is 163 Å². The third-order valence-corrected chi connectivity index (χ3v) is 6.29. The minimum absolute atomic E-state index is 0.0301. The van der Waals surface area contributed by atoms with Gasteiger partial charge in [0.15, 0.2) is 10.8 Å². The second-order valence-electron chi connectivity index (χ2n) is 6.88. The van der Waals surface area contributed by atoms with Crippen molar-refractivity contribution in [2.45, 2.75) is 33.7 Å². The Bertz CT molecular complexity index is 968. The fraction of sp³-hybridized carbons (Fsp3) is 0.450. The summed E-state index contributed by atoms with van der Waals surface area (Å²) < 4.78 is 3.11. The van der Waals surface area contributed by atoms with Gasteiger partial charge in [-0.15, -0.1) is 0 Å². The van der Waals surface area contributed by atoms with Crippen LogP contribution in [-0.4, -0.2) is 51.8 Å². The zero-order valence-electron chi connectivity index (χ0n) is 16.1. The number of benzene rings is 1. The number of piperazine rings is 1. The molecule has 1 aliphatic rings. The van der Waals surface area contributed by atoms with E-state index in [0.717, 1.165) is 42.4 Å². The van der Waals surface area contributed by atoms with Crippen LogP contribution in [0.15, 0.2) is 24.3 Å². The number of aromatic nitrogens is 3. The van der Waals surface area contributed by atoms with E-state index in [1.54, 1.807) is 11.3 Å². The molecule has 1 aromatic carbocycles. The summed E-state index contributed by atoms with van der Waals surface area (Å²) in [6, 6.07) is 8.29. The van der Waals surface area contributed by atoms with Gasteiger partial charge in [0.05, 0.1) is 10.2 Å². The second kappa shape index (κ2) is 7.31. The molecule has 0 radical (unpaired) electrons. The maximum atomic E-state index is 12.8. The maximum Gasteiger partial charge on any atom is 0.274 e. The fourth-order valence-electron chi connectivity index (χ4n) is 3.61. The number of amides is 1. The van der Waals surface area contributed by atoms with Crippen molar-refractivity contribution < 1.29 is 4.79 Å². The number of para-hydroxylation sites is 1. The SMILES string of the molecule is CCc1cccc2sc(N3CCN(C(=O)c4cc(C)n(CC)n4)CC3)nc12. The van der Waals surface area contributed by atoms with E-state index >= 15 is 0 Å². The monoisotopic (exact) mass is 383 g/mol. The minimum atomic E-state index is 0.0301. The number of hydrogen-bond donors (Lipinski definition) is 0. The number of anilines is 1. The van der Waals surface area contributed by atoms with Crippen molar-refractivity contribution in [1.82, 2.24) is 19.7 Å². The number of carbonyl (C=O) groups is 1. The van der Waals surface area contributed by atoms with Crippen LogP contribution in [0.3, 0.4) is 0 Å². The molecule has 0 atom stereocenters. The molecule has 1 aliphatic heterocycles. The molecule has 6 nitrogen and oxygen atoms in total. The third kappa shape index (κ3) is 3.32. The molecular weight excluding hydrogens is 358 g/mol. The minimum Gasteiger partial charge on any atom is -0.345 e. The smallest absolute Gasteiger partial charge is 0.274 e. The Kier molecular flexibility index (Phi) is 4.86. The molecular formula is C20H25N5OS. The van der Waals surface area contributed by atoms with Crippen LogP contribution < -0.4 is 4.90 Å². The molecule has 4 rings (SSSR count). The normalized spacial score (nSPS) is 14.9. The second-order valence-corrected chi connectivity index (χ2v) is 7.89. The van der Waals surface area contributed by atoms with E-state index in [1.165, 1.54) is 10.3 Å². The summed E-state index contributed by atoms with van der Waals surface area (Å²) in [5.74, 6) is 0.0301. The lowest BCUT2D eigenvalue weighted by Crippen LogP contribution is -2.48. The molecule has 0 spiro atoms. The van der Waals surface area contributed by atoms with E-state index in [0.29, 0.717) is 18.8 Å². The van der Waals surface area contributed by atoms with E-state index in [2.05, 4.69) is 35.1 Å². The van der Waals surface area contributed by atoms with E-state index in [9.17, 15) is 4.79 Å². The van der Waals surface area contributed by atoms with Gasteiger partial charge in [-0.1, -0.05) is 30.4 Å². The van der Waals surface area contributed by atoms with Crippen LogP contribution in [0.1, 0.15) is 35.6 Å². The van der Waals surface area contributed by atoms with Crippen LogP contribution in [0.5, 0.6) is 0 Å². The van der Waals surface area contributed by atoms with Crippen molar-refractivity contribution in [2.24, 2.45) is 0 Å². The van der Waals surface area contributed by atoms with Crippen molar-refractivity contribution in [3.8, 4) is 0 Å². The van der Waals surface area contributed by atoms with Crippen LogP contribution in [0, 0.1) is 6.92 Å². The predicted molar refractivity (Wildman–Crippen MR) is 110 cm³/mol. The Balaban J connectivity index is 1.46. The van der Waals surface area contributed by atoms with Crippen molar-refractivity contribution in [2.75, 3.05) is 31.1 Å². The Morgan fingerprint density at radius 1 is 1.19 bits per heavy atom. The van der Waals surface area contributed by atoms with E-state index < -0.39 is 0 Å². The summed E-state index contributed by atoms with van der Waals surface area (Å²) in [5.41, 5.74) is 4.00. The van der Waals surface area contributed by atoms with Crippen LogP contribution in [0.4, 0.5) is 5.13 Å². The molecule has 1 amide bonds. The topological polar surface area (TPSA) is 54.3 Å². The molecule has 142 valence electrons. The van der Waals surface area contributed by atoms with Crippen molar-refractivity contribution in [3.05, 3.63) is 41.2 Å². The highest BCUT2D eigenvalue weighted by Gasteiger charge is 2.25. The fourth-order valence-corrected chi connectivity index (χ4v) is 4.68.